The number of rotatable bonds is 3. The summed E-state index contributed by atoms with van der Waals surface area (Å²) >= 11 is 0. The van der Waals surface area contributed by atoms with Gasteiger partial charge in [-0.25, -0.2) is 4.98 Å². The second kappa shape index (κ2) is 5.24. The third-order valence-corrected chi connectivity index (χ3v) is 4.12. The predicted octanol–water partition coefficient (Wildman–Crippen LogP) is 4.55. The number of fused-ring (bicyclic) bond motifs is 1. The van der Waals surface area contributed by atoms with Gasteiger partial charge in [-0.05, 0) is 62.1 Å². The van der Waals surface area contributed by atoms with Gasteiger partial charge >= 0.3 is 0 Å². The number of aromatic nitrogens is 2. The highest BCUT2D eigenvalue weighted by molar-refractivity contribution is 5.79. The smallest absolute Gasteiger partial charge is 0.138 e. The minimum Gasteiger partial charge on any atom is -0.490 e. The average Bonchev–Trinajstić information content (AvgIpc) is 3.16. The summed E-state index contributed by atoms with van der Waals surface area (Å²) in [7, 11) is 0. The first-order chi connectivity index (χ1) is 10.4. The molecule has 4 rings (SSSR count). The van der Waals surface area contributed by atoms with Crippen molar-refractivity contribution in [3.63, 3.8) is 0 Å². The molecule has 3 aromatic rings. The van der Waals surface area contributed by atoms with Crippen LogP contribution in [0.2, 0.25) is 0 Å². The molecule has 3 heteroatoms. The van der Waals surface area contributed by atoms with Crippen LogP contribution in [0.1, 0.15) is 25.7 Å². The van der Waals surface area contributed by atoms with Gasteiger partial charge in [0.1, 0.15) is 11.6 Å². The van der Waals surface area contributed by atoms with Crippen LogP contribution in [0.3, 0.4) is 0 Å². The first-order valence-electron chi connectivity index (χ1n) is 7.60. The molecule has 0 unspecified atom stereocenters. The molecule has 0 spiro atoms. The second-order valence-corrected chi connectivity index (χ2v) is 5.65. The number of hydrogen-bond donors (Lipinski definition) is 1. The van der Waals surface area contributed by atoms with Crippen molar-refractivity contribution in [2.24, 2.45) is 0 Å². The lowest BCUT2D eigenvalue weighted by molar-refractivity contribution is 0.210. The molecule has 1 aromatic heterocycles. The second-order valence-electron chi connectivity index (χ2n) is 5.65. The topological polar surface area (TPSA) is 37.9 Å². The maximum atomic E-state index is 5.99. The molecule has 106 valence electrons. The summed E-state index contributed by atoms with van der Waals surface area (Å²) in [6.45, 7) is 0. The van der Waals surface area contributed by atoms with E-state index in [2.05, 4.69) is 22.1 Å². The van der Waals surface area contributed by atoms with Crippen molar-refractivity contribution in [2.75, 3.05) is 0 Å². The lowest BCUT2D eigenvalue weighted by Crippen LogP contribution is -2.10. The highest BCUT2D eigenvalue weighted by atomic mass is 16.5. The Morgan fingerprint density at radius 3 is 2.48 bits per heavy atom. The Kier molecular flexibility index (Phi) is 3.11. The van der Waals surface area contributed by atoms with E-state index in [1.54, 1.807) is 0 Å². The molecule has 1 aliphatic carbocycles. The minimum absolute atomic E-state index is 0.405. The van der Waals surface area contributed by atoms with Gasteiger partial charge in [-0.2, -0.15) is 0 Å². The van der Waals surface area contributed by atoms with E-state index in [4.69, 9.17) is 4.74 Å². The van der Waals surface area contributed by atoms with Gasteiger partial charge in [0.05, 0.1) is 17.1 Å². The summed E-state index contributed by atoms with van der Waals surface area (Å²) in [6.07, 6.45) is 5.36. The number of aromatic amines is 1. The van der Waals surface area contributed by atoms with Gasteiger partial charge in [0, 0.05) is 5.56 Å². The van der Waals surface area contributed by atoms with Crippen LogP contribution in [0.25, 0.3) is 22.4 Å². The monoisotopic (exact) mass is 278 g/mol. The van der Waals surface area contributed by atoms with E-state index in [9.17, 15) is 0 Å². The van der Waals surface area contributed by atoms with Crippen LogP contribution in [-0.4, -0.2) is 16.1 Å². The van der Waals surface area contributed by atoms with Crippen molar-refractivity contribution in [2.45, 2.75) is 31.8 Å². The molecule has 1 aliphatic rings. The third-order valence-electron chi connectivity index (χ3n) is 4.12. The molecule has 1 saturated carbocycles. The summed E-state index contributed by atoms with van der Waals surface area (Å²) in [5, 5.41) is 0. The van der Waals surface area contributed by atoms with E-state index in [1.165, 1.54) is 25.7 Å². The first-order valence-corrected chi connectivity index (χ1v) is 7.60. The molecule has 0 atom stereocenters. The quantitative estimate of drug-likeness (QED) is 0.763. The fraction of sp³-hybridized carbons (Fsp3) is 0.278. The lowest BCUT2D eigenvalue weighted by atomic mass is 10.2. The normalized spacial score (nSPS) is 15.6. The molecule has 0 amide bonds. The van der Waals surface area contributed by atoms with Crippen LogP contribution in [0.4, 0.5) is 0 Å². The molecule has 1 fully saturated rings. The van der Waals surface area contributed by atoms with Crippen LogP contribution in [0.15, 0.2) is 48.5 Å². The Labute approximate surface area is 124 Å². The standard InChI is InChI=1S/C18H18N2O/c1-2-6-14(5-1)21-15-11-9-13(10-12-15)18-19-16-7-3-4-8-17(16)20-18/h3-4,7-12,14H,1-2,5-6H2,(H,19,20). The van der Waals surface area contributed by atoms with Crippen LogP contribution in [0, 0.1) is 0 Å². The molecule has 21 heavy (non-hydrogen) atoms. The zero-order valence-electron chi connectivity index (χ0n) is 11.9. The number of hydrogen-bond acceptors (Lipinski definition) is 2. The van der Waals surface area contributed by atoms with E-state index >= 15 is 0 Å². The van der Waals surface area contributed by atoms with Crippen LogP contribution >= 0.6 is 0 Å². The number of benzene rings is 2. The molecule has 0 radical (unpaired) electrons. The fourth-order valence-corrected chi connectivity index (χ4v) is 2.98. The van der Waals surface area contributed by atoms with Gasteiger partial charge < -0.3 is 9.72 Å². The molecule has 3 nitrogen and oxygen atoms in total. The van der Waals surface area contributed by atoms with Crippen molar-refractivity contribution in [1.29, 1.82) is 0 Å². The molecule has 0 bridgehead atoms. The molecule has 0 saturated heterocycles. The Morgan fingerprint density at radius 1 is 0.952 bits per heavy atom. The number of nitrogens with one attached hydrogen (secondary N) is 1. The lowest BCUT2D eigenvalue weighted by Gasteiger charge is -2.12. The maximum absolute atomic E-state index is 5.99. The van der Waals surface area contributed by atoms with Gasteiger partial charge in [-0.1, -0.05) is 12.1 Å². The Hall–Kier alpha value is -2.29. The predicted molar refractivity (Wildman–Crippen MR) is 84.4 cm³/mol. The summed E-state index contributed by atoms with van der Waals surface area (Å²) in [5.74, 6) is 1.87. The van der Waals surface area contributed by atoms with E-state index in [1.807, 2.05) is 36.4 Å². The van der Waals surface area contributed by atoms with Gasteiger partial charge in [-0.3, -0.25) is 0 Å². The van der Waals surface area contributed by atoms with Crippen LogP contribution in [-0.2, 0) is 0 Å². The summed E-state index contributed by atoms with van der Waals surface area (Å²) in [4.78, 5) is 7.97. The maximum Gasteiger partial charge on any atom is 0.138 e. The molecule has 2 aromatic carbocycles. The number of nitrogens with zero attached hydrogens (tertiary/aromatic N) is 1. The van der Waals surface area contributed by atoms with Gasteiger partial charge in [0.15, 0.2) is 0 Å². The Balaban J connectivity index is 1.57. The van der Waals surface area contributed by atoms with E-state index in [0.717, 1.165) is 28.2 Å². The first kappa shape index (κ1) is 12.5. The number of imidazole rings is 1. The number of ether oxygens (including phenoxy) is 1. The molecule has 1 heterocycles. The van der Waals surface area contributed by atoms with Gasteiger partial charge in [-0.15, -0.1) is 0 Å². The Bertz CT molecular complexity index is 706. The SMILES string of the molecule is c1ccc2[nH]c(-c3ccc(OC4CCCC4)cc3)nc2c1. The van der Waals surface area contributed by atoms with E-state index < -0.39 is 0 Å². The van der Waals surface area contributed by atoms with Crippen molar-refractivity contribution in [3.05, 3.63) is 48.5 Å². The highest BCUT2D eigenvalue weighted by Gasteiger charge is 2.16. The van der Waals surface area contributed by atoms with Gasteiger partial charge in [0.2, 0.25) is 0 Å². The largest absolute Gasteiger partial charge is 0.490 e. The molecule has 0 aliphatic heterocycles. The van der Waals surface area contributed by atoms with Crippen molar-refractivity contribution >= 4 is 11.0 Å². The summed E-state index contributed by atoms with van der Waals surface area (Å²) in [5.41, 5.74) is 3.16. The zero-order valence-corrected chi connectivity index (χ0v) is 11.9. The van der Waals surface area contributed by atoms with Crippen LogP contribution in [0.5, 0.6) is 5.75 Å². The van der Waals surface area contributed by atoms with E-state index in [-0.39, 0.29) is 0 Å². The minimum atomic E-state index is 0.405. The number of para-hydroxylation sites is 2. The van der Waals surface area contributed by atoms with Gasteiger partial charge in [0.25, 0.3) is 0 Å². The van der Waals surface area contributed by atoms with Crippen LogP contribution < -0.4 is 4.74 Å². The molecular formula is C18H18N2O. The third kappa shape index (κ3) is 2.51. The average molecular weight is 278 g/mol. The van der Waals surface area contributed by atoms with E-state index in [0.29, 0.717) is 6.10 Å². The zero-order chi connectivity index (χ0) is 14.1. The highest BCUT2D eigenvalue weighted by Crippen LogP contribution is 2.26. The number of H-pyrrole nitrogens is 1. The van der Waals surface area contributed by atoms with Crippen molar-refractivity contribution < 1.29 is 4.74 Å². The van der Waals surface area contributed by atoms with Crippen molar-refractivity contribution in [1.82, 2.24) is 9.97 Å². The fourth-order valence-electron chi connectivity index (χ4n) is 2.98. The summed E-state index contributed by atoms with van der Waals surface area (Å²) < 4.78 is 5.99. The van der Waals surface area contributed by atoms with Crippen molar-refractivity contribution in [3.8, 4) is 17.1 Å². The Morgan fingerprint density at radius 2 is 1.71 bits per heavy atom. The summed E-state index contributed by atoms with van der Waals surface area (Å²) in [6, 6.07) is 16.3. The molecular weight excluding hydrogens is 260 g/mol. The molecule has 1 N–H and O–H groups in total.